The largest absolute Gasteiger partial charge is 0.319 e. The molecule has 0 atom stereocenters. The molecule has 0 aromatic rings. The van der Waals surface area contributed by atoms with Crippen LogP contribution >= 0.6 is 0 Å². The summed E-state index contributed by atoms with van der Waals surface area (Å²) >= 11 is 0. The van der Waals surface area contributed by atoms with Gasteiger partial charge in [0.1, 0.15) is 0 Å². The maximum atomic E-state index is 3.48. The minimum absolute atomic E-state index is 0.554. The highest BCUT2D eigenvalue weighted by Crippen LogP contribution is 2.36. The highest BCUT2D eigenvalue weighted by Gasteiger charge is 2.32. The summed E-state index contributed by atoms with van der Waals surface area (Å²) in [5, 5.41) is 3.48. The Labute approximate surface area is 120 Å². The first-order chi connectivity index (χ1) is 9.24. The second-order valence-electron chi connectivity index (χ2n) is 7.29. The van der Waals surface area contributed by atoms with Crippen LogP contribution in [0.3, 0.4) is 0 Å². The smallest absolute Gasteiger partial charge is 0.00472 e. The van der Waals surface area contributed by atoms with E-state index in [1.807, 2.05) is 0 Å². The predicted octanol–water partition coefficient (Wildman–Crippen LogP) is 3.67. The summed E-state index contributed by atoms with van der Waals surface area (Å²) in [4.78, 5) is 2.65. The van der Waals surface area contributed by atoms with Crippen molar-refractivity contribution in [2.24, 2.45) is 11.3 Å². The molecule has 0 aromatic carbocycles. The first-order valence-corrected chi connectivity index (χ1v) is 8.57. The van der Waals surface area contributed by atoms with E-state index in [0.717, 1.165) is 5.92 Å². The molecule has 0 bridgehead atoms. The quantitative estimate of drug-likeness (QED) is 0.738. The van der Waals surface area contributed by atoms with E-state index in [2.05, 4.69) is 24.3 Å². The van der Waals surface area contributed by atoms with Gasteiger partial charge in [0, 0.05) is 19.6 Å². The molecule has 0 saturated heterocycles. The third kappa shape index (κ3) is 4.75. The van der Waals surface area contributed by atoms with Crippen LogP contribution < -0.4 is 5.32 Å². The molecule has 112 valence electrons. The average molecular weight is 266 g/mol. The van der Waals surface area contributed by atoms with Gasteiger partial charge in [-0.3, -0.25) is 0 Å². The van der Waals surface area contributed by atoms with Gasteiger partial charge in [0.05, 0.1) is 0 Å². The molecule has 1 N–H and O–H groups in total. The van der Waals surface area contributed by atoms with E-state index >= 15 is 0 Å². The van der Waals surface area contributed by atoms with E-state index in [4.69, 9.17) is 0 Å². The number of nitrogens with one attached hydrogen (secondary N) is 1. The van der Waals surface area contributed by atoms with Crippen LogP contribution in [0, 0.1) is 11.3 Å². The zero-order valence-corrected chi connectivity index (χ0v) is 13.2. The molecular formula is C17H34N2. The predicted molar refractivity (Wildman–Crippen MR) is 83.5 cm³/mol. The Morgan fingerprint density at radius 2 is 1.63 bits per heavy atom. The summed E-state index contributed by atoms with van der Waals surface area (Å²) < 4.78 is 0. The Hall–Kier alpha value is -0.0800. The van der Waals surface area contributed by atoms with Crippen molar-refractivity contribution in [3.05, 3.63) is 0 Å². The van der Waals surface area contributed by atoms with Crippen molar-refractivity contribution in [3.8, 4) is 0 Å². The van der Waals surface area contributed by atoms with Crippen molar-refractivity contribution in [2.75, 3.05) is 33.7 Å². The zero-order valence-electron chi connectivity index (χ0n) is 13.2. The van der Waals surface area contributed by atoms with E-state index in [0.29, 0.717) is 5.41 Å². The van der Waals surface area contributed by atoms with Gasteiger partial charge in [-0.2, -0.15) is 0 Å². The summed E-state index contributed by atoms with van der Waals surface area (Å²) in [5.74, 6) is 0.988. The lowest BCUT2D eigenvalue weighted by Gasteiger charge is -2.37. The lowest BCUT2D eigenvalue weighted by molar-refractivity contribution is 0.136. The average Bonchev–Trinajstić information content (AvgIpc) is 2.76. The molecule has 0 aromatic heterocycles. The van der Waals surface area contributed by atoms with Crippen LogP contribution in [0.2, 0.25) is 0 Å². The van der Waals surface area contributed by atoms with Crippen LogP contribution in [0.5, 0.6) is 0 Å². The van der Waals surface area contributed by atoms with Gasteiger partial charge in [-0.15, -0.1) is 0 Å². The minimum atomic E-state index is 0.554. The molecule has 0 spiro atoms. The normalized spacial score (nSPS) is 24.8. The van der Waals surface area contributed by atoms with E-state index in [-0.39, 0.29) is 0 Å². The number of nitrogens with zero attached hydrogens (tertiary/aromatic N) is 1. The zero-order chi connectivity index (χ0) is 13.6. The van der Waals surface area contributed by atoms with Crippen LogP contribution in [-0.4, -0.2) is 38.6 Å². The summed E-state index contributed by atoms with van der Waals surface area (Å²) in [6.45, 7) is 3.86. The molecule has 2 heteroatoms. The van der Waals surface area contributed by atoms with Crippen LogP contribution in [0.25, 0.3) is 0 Å². The first kappa shape index (κ1) is 15.3. The van der Waals surface area contributed by atoms with Gasteiger partial charge in [-0.25, -0.2) is 0 Å². The first-order valence-electron chi connectivity index (χ1n) is 8.57. The lowest BCUT2D eigenvalue weighted by atomic mass is 9.79. The third-order valence-corrected chi connectivity index (χ3v) is 5.37. The van der Waals surface area contributed by atoms with Crippen molar-refractivity contribution < 1.29 is 0 Å². The van der Waals surface area contributed by atoms with E-state index < -0.39 is 0 Å². The topological polar surface area (TPSA) is 15.3 Å². The Kier molecular flexibility index (Phi) is 6.15. The standard InChI is InChI=1S/C17H34N2/c1-18-14-17(11-7-3-4-8-12-17)15-19(2)13-16-9-5-6-10-16/h16,18H,3-15H2,1-2H3. The van der Waals surface area contributed by atoms with Gasteiger partial charge < -0.3 is 10.2 Å². The van der Waals surface area contributed by atoms with Gasteiger partial charge in [-0.05, 0) is 51.1 Å². The minimum Gasteiger partial charge on any atom is -0.319 e. The third-order valence-electron chi connectivity index (χ3n) is 5.37. The molecule has 19 heavy (non-hydrogen) atoms. The van der Waals surface area contributed by atoms with E-state index in [1.165, 1.54) is 83.8 Å². The van der Waals surface area contributed by atoms with Crippen LogP contribution in [0.4, 0.5) is 0 Å². The summed E-state index contributed by atoms with van der Waals surface area (Å²) in [7, 11) is 4.49. The Balaban J connectivity index is 1.86. The molecule has 0 radical (unpaired) electrons. The molecule has 0 aliphatic heterocycles. The molecule has 2 rings (SSSR count). The maximum absolute atomic E-state index is 3.48. The fourth-order valence-electron chi connectivity index (χ4n) is 4.52. The molecule has 0 amide bonds. The number of hydrogen-bond acceptors (Lipinski definition) is 2. The maximum Gasteiger partial charge on any atom is 0.00472 e. The highest BCUT2D eigenvalue weighted by molar-refractivity contribution is 4.86. The van der Waals surface area contributed by atoms with Gasteiger partial charge in [0.25, 0.3) is 0 Å². The molecular weight excluding hydrogens is 232 g/mol. The fourth-order valence-corrected chi connectivity index (χ4v) is 4.52. The SMILES string of the molecule is CNCC1(CN(C)CC2CCCC2)CCCCCC1. The second-order valence-corrected chi connectivity index (χ2v) is 7.29. The van der Waals surface area contributed by atoms with Gasteiger partial charge >= 0.3 is 0 Å². The molecule has 2 fully saturated rings. The van der Waals surface area contributed by atoms with Crippen molar-refractivity contribution in [2.45, 2.75) is 64.2 Å². The van der Waals surface area contributed by atoms with E-state index in [1.54, 1.807) is 0 Å². The Bertz CT molecular complexity index is 238. The molecule has 2 aliphatic rings. The molecule has 0 unspecified atom stereocenters. The van der Waals surface area contributed by atoms with Crippen molar-refractivity contribution in [1.82, 2.24) is 10.2 Å². The van der Waals surface area contributed by atoms with Crippen LogP contribution in [0.1, 0.15) is 64.2 Å². The fraction of sp³-hybridized carbons (Fsp3) is 1.00. The van der Waals surface area contributed by atoms with Gasteiger partial charge in [-0.1, -0.05) is 38.5 Å². The highest BCUT2D eigenvalue weighted by atomic mass is 15.1. The number of rotatable bonds is 6. The van der Waals surface area contributed by atoms with E-state index in [9.17, 15) is 0 Å². The molecule has 0 heterocycles. The van der Waals surface area contributed by atoms with Gasteiger partial charge in [0.2, 0.25) is 0 Å². The molecule has 2 nitrogen and oxygen atoms in total. The van der Waals surface area contributed by atoms with Crippen LogP contribution in [-0.2, 0) is 0 Å². The summed E-state index contributed by atoms with van der Waals surface area (Å²) in [6, 6.07) is 0. The van der Waals surface area contributed by atoms with Crippen molar-refractivity contribution >= 4 is 0 Å². The van der Waals surface area contributed by atoms with Gasteiger partial charge in [0.15, 0.2) is 0 Å². The summed E-state index contributed by atoms with van der Waals surface area (Å²) in [5.41, 5.74) is 0.554. The monoisotopic (exact) mass is 266 g/mol. The Morgan fingerprint density at radius 3 is 2.21 bits per heavy atom. The summed E-state index contributed by atoms with van der Waals surface area (Å²) in [6.07, 6.45) is 14.6. The van der Waals surface area contributed by atoms with Crippen LogP contribution in [0.15, 0.2) is 0 Å². The molecule has 2 saturated carbocycles. The lowest BCUT2D eigenvalue weighted by Crippen LogP contribution is -2.43. The Morgan fingerprint density at radius 1 is 1.00 bits per heavy atom. The van der Waals surface area contributed by atoms with Crippen molar-refractivity contribution in [3.63, 3.8) is 0 Å². The second kappa shape index (κ2) is 7.64. The van der Waals surface area contributed by atoms with Crippen molar-refractivity contribution in [1.29, 1.82) is 0 Å². The molecule has 2 aliphatic carbocycles. The number of hydrogen-bond donors (Lipinski definition) is 1.